The van der Waals surface area contributed by atoms with E-state index in [-0.39, 0.29) is 11.5 Å². The van der Waals surface area contributed by atoms with Crippen LogP contribution in [0.5, 0.6) is 5.75 Å². The maximum absolute atomic E-state index is 13.1. The normalized spacial score (nSPS) is 15.4. The van der Waals surface area contributed by atoms with Gasteiger partial charge in [-0.1, -0.05) is 29.3 Å². The molecule has 0 amide bonds. The average molecular weight is 715 g/mol. The summed E-state index contributed by atoms with van der Waals surface area (Å²) in [5.74, 6) is -0.297. The van der Waals surface area contributed by atoms with Gasteiger partial charge in [0.05, 0.1) is 40.1 Å². The molecule has 2 aromatic heterocycles. The number of carboxylic acids is 1. The number of carbonyl (C=O) groups is 2. The topological polar surface area (TPSA) is 101 Å². The summed E-state index contributed by atoms with van der Waals surface area (Å²) in [4.78, 5) is 33.6. The number of aromatic carboxylic acids is 1. The van der Waals surface area contributed by atoms with E-state index < -0.39 is 12.0 Å². The molecule has 0 saturated carbocycles. The van der Waals surface area contributed by atoms with Crippen molar-refractivity contribution in [3.05, 3.63) is 98.4 Å². The summed E-state index contributed by atoms with van der Waals surface area (Å²) in [7, 11) is 3.89. The summed E-state index contributed by atoms with van der Waals surface area (Å²) in [5, 5.41) is 16.4. The minimum atomic E-state index is -0.993. The maximum Gasteiger partial charge on any atom is 0.335 e. The van der Waals surface area contributed by atoms with Crippen molar-refractivity contribution in [2.75, 3.05) is 36.5 Å². The van der Waals surface area contributed by atoms with Crippen LogP contribution < -0.4 is 14.5 Å². The molecule has 1 aliphatic rings. The zero-order valence-electron chi connectivity index (χ0n) is 29.1. The standard InChI is InChI=1S/C39H41Cl2N5O4/c1-22-18-27(19-23(2)37(22)41)50-17-7-8-28-29-10-11-31(40)36(35-24(3)43-45(6)25(35)4)38(29)46(34(28)21-47)16-15-44(5)33-13-14-42-32-12-9-26(39(48)49)20-30(32)33/h9-14,18-21,28,34H,7-8,15-17H2,1-6H3,(H,48,49). The van der Waals surface area contributed by atoms with Gasteiger partial charge in [0.2, 0.25) is 0 Å². The van der Waals surface area contributed by atoms with Crippen LogP contribution in [0.2, 0.25) is 10.0 Å². The number of halogens is 2. The van der Waals surface area contributed by atoms with E-state index in [2.05, 4.69) is 20.9 Å². The number of nitrogens with zero attached hydrogens (tertiary/aromatic N) is 5. The van der Waals surface area contributed by atoms with Crippen LogP contribution in [0.4, 0.5) is 11.4 Å². The maximum atomic E-state index is 13.1. The number of anilines is 2. The minimum Gasteiger partial charge on any atom is -0.494 e. The number of fused-ring (bicyclic) bond motifs is 2. The largest absolute Gasteiger partial charge is 0.494 e. The number of likely N-dealkylation sites (N-methyl/N-ethyl adjacent to an activating group) is 1. The number of carboxylic acid groups (broad SMARTS) is 1. The molecule has 50 heavy (non-hydrogen) atoms. The van der Waals surface area contributed by atoms with Crippen molar-refractivity contribution in [2.45, 2.75) is 52.5 Å². The summed E-state index contributed by atoms with van der Waals surface area (Å²) in [5.41, 5.74) is 9.43. The van der Waals surface area contributed by atoms with Gasteiger partial charge >= 0.3 is 5.97 Å². The van der Waals surface area contributed by atoms with E-state index in [1.54, 1.807) is 24.4 Å². The number of pyridine rings is 1. The van der Waals surface area contributed by atoms with E-state index in [0.717, 1.165) is 85.9 Å². The number of hydrogen-bond acceptors (Lipinski definition) is 7. The summed E-state index contributed by atoms with van der Waals surface area (Å²) in [6, 6.07) is 14.3. The van der Waals surface area contributed by atoms with E-state index >= 15 is 0 Å². The van der Waals surface area contributed by atoms with Crippen molar-refractivity contribution in [3.63, 3.8) is 0 Å². The Bertz CT molecular complexity index is 2090. The predicted octanol–water partition coefficient (Wildman–Crippen LogP) is 8.34. The van der Waals surface area contributed by atoms with Crippen molar-refractivity contribution < 1.29 is 19.4 Å². The van der Waals surface area contributed by atoms with Gasteiger partial charge in [-0.2, -0.15) is 5.10 Å². The van der Waals surface area contributed by atoms with Gasteiger partial charge in [-0.15, -0.1) is 0 Å². The van der Waals surface area contributed by atoms with Crippen molar-refractivity contribution in [3.8, 4) is 16.9 Å². The number of carbonyl (C=O) groups excluding carboxylic acids is 1. The predicted molar refractivity (Wildman–Crippen MR) is 201 cm³/mol. The molecule has 3 aromatic carbocycles. The van der Waals surface area contributed by atoms with Crippen molar-refractivity contribution in [2.24, 2.45) is 7.05 Å². The third-order valence-corrected chi connectivity index (χ3v) is 10.8. The lowest BCUT2D eigenvalue weighted by molar-refractivity contribution is -0.109. The highest BCUT2D eigenvalue weighted by atomic mass is 35.5. The van der Waals surface area contributed by atoms with E-state index in [1.807, 2.05) is 70.7 Å². The Morgan fingerprint density at radius 1 is 1.04 bits per heavy atom. The number of aromatic nitrogens is 3. The van der Waals surface area contributed by atoms with Crippen LogP contribution in [0.1, 0.15) is 57.2 Å². The number of rotatable bonds is 12. The van der Waals surface area contributed by atoms with E-state index in [0.29, 0.717) is 30.2 Å². The van der Waals surface area contributed by atoms with Gasteiger partial charge < -0.3 is 24.4 Å². The van der Waals surface area contributed by atoms with Gasteiger partial charge in [0, 0.05) is 72.2 Å². The first kappa shape index (κ1) is 35.2. The van der Waals surface area contributed by atoms with Crippen LogP contribution in [-0.4, -0.2) is 64.9 Å². The second kappa shape index (κ2) is 14.3. The summed E-state index contributed by atoms with van der Waals surface area (Å²) < 4.78 is 8.02. The Balaban J connectivity index is 1.33. The molecule has 3 heterocycles. The van der Waals surface area contributed by atoms with Crippen LogP contribution in [-0.2, 0) is 11.8 Å². The molecule has 6 rings (SSSR count). The highest BCUT2D eigenvalue weighted by Gasteiger charge is 2.41. The zero-order valence-corrected chi connectivity index (χ0v) is 30.6. The molecule has 2 unspecified atom stereocenters. The third-order valence-electron chi connectivity index (χ3n) is 9.91. The van der Waals surface area contributed by atoms with Crippen LogP contribution in [0.25, 0.3) is 22.0 Å². The second-order valence-electron chi connectivity index (χ2n) is 13.1. The molecule has 0 aliphatic carbocycles. The highest BCUT2D eigenvalue weighted by Crippen LogP contribution is 2.51. The van der Waals surface area contributed by atoms with Crippen molar-refractivity contribution in [1.82, 2.24) is 14.8 Å². The molecule has 1 aliphatic heterocycles. The first-order valence-electron chi connectivity index (χ1n) is 16.7. The Hall–Kier alpha value is -4.60. The number of hydrogen-bond donors (Lipinski definition) is 1. The fourth-order valence-electron chi connectivity index (χ4n) is 7.33. The monoisotopic (exact) mass is 713 g/mol. The molecule has 0 fully saturated rings. The number of ether oxygens (including phenoxy) is 1. The SMILES string of the molecule is Cc1cc(OCCCC2c3ccc(Cl)c(-c4c(C)nn(C)c4C)c3N(CCN(C)c3ccnc4ccc(C(=O)O)cc34)C2C=O)cc(C)c1Cl. The quantitative estimate of drug-likeness (QED) is 0.102. The van der Waals surface area contributed by atoms with Gasteiger partial charge in [-0.25, -0.2) is 4.79 Å². The Morgan fingerprint density at radius 2 is 1.78 bits per heavy atom. The van der Waals surface area contributed by atoms with Crippen molar-refractivity contribution >= 4 is 57.7 Å². The number of aldehydes is 1. The van der Waals surface area contributed by atoms with E-state index in [9.17, 15) is 14.7 Å². The molecule has 0 spiro atoms. The third kappa shape index (κ3) is 6.52. The molecule has 260 valence electrons. The van der Waals surface area contributed by atoms with Crippen molar-refractivity contribution in [1.29, 1.82) is 0 Å². The van der Waals surface area contributed by atoms with E-state index in [4.69, 9.17) is 33.0 Å². The lowest BCUT2D eigenvalue weighted by Gasteiger charge is -2.31. The van der Waals surface area contributed by atoms with Gasteiger partial charge in [0.1, 0.15) is 12.0 Å². The van der Waals surface area contributed by atoms with Crippen LogP contribution in [0, 0.1) is 27.7 Å². The first-order valence-corrected chi connectivity index (χ1v) is 17.4. The first-order chi connectivity index (χ1) is 23.9. The number of benzene rings is 3. The van der Waals surface area contributed by atoms with Crippen LogP contribution in [0.3, 0.4) is 0 Å². The molecule has 0 bridgehead atoms. The van der Waals surface area contributed by atoms with Crippen LogP contribution in [0.15, 0.2) is 54.7 Å². The van der Waals surface area contributed by atoms with Gasteiger partial charge in [-0.05, 0) is 99.7 Å². The van der Waals surface area contributed by atoms with Gasteiger partial charge in [0.15, 0.2) is 0 Å². The Morgan fingerprint density at radius 3 is 2.44 bits per heavy atom. The molecule has 0 radical (unpaired) electrons. The molecule has 1 N–H and O–H groups in total. The highest BCUT2D eigenvalue weighted by molar-refractivity contribution is 6.34. The lowest BCUT2D eigenvalue weighted by Crippen LogP contribution is -2.40. The average Bonchev–Trinajstić information content (AvgIpc) is 3.53. The summed E-state index contributed by atoms with van der Waals surface area (Å²) in [6.07, 6.45) is 4.25. The fourth-order valence-corrected chi connectivity index (χ4v) is 7.68. The molecule has 5 aromatic rings. The Labute approximate surface area is 302 Å². The molecular formula is C39H41Cl2N5O4. The molecular weight excluding hydrogens is 673 g/mol. The Kier molecular flexibility index (Phi) is 10.1. The smallest absolute Gasteiger partial charge is 0.335 e. The van der Waals surface area contributed by atoms with Crippen LogP contribution >= 0.6 is 23.2 Å². The molecule has 0 saturated heterocycles. The second-order valence-corrected chi connectivity index (χ2v) is 13.9. The minimum absolute atomic E-state index is 0.0849. The lowest BCUT2D eigenvalue weighted by atomic mass is 9.89. The summed E-state index contributed by atoms with van der Waals surface area (Å²) >= 11 is 13.4. The molecule has 2 atom stereocenters. The van der Waals surface area contributed by atoms with E-state index in [1.165, 1.54) is 0 Å². The summed E-state index contributed by atoms with van der Waals surface area (Å²) in [6.45, 7) is 9.50. The molecule has 9 nitrogen and oxygen atoms in total. The number of aryl methyl sites for hydroxylation is 4. The zero-order chi connectivity index (χ0) is 35.9. The fraction of sp³-hybridized carbons (Fsp3) is 0.333. The molecule has 11 heteroatoms. The van der Waals surface area contributed by atoms with Gasteiger partial charge in [-0.3, -0.25) is 9.67 Å². The van der Waals surface area contributed by atoms with Gasteiger partial charge in [0.25, 0.3) is 0 Å².